The number of hydrogen-bond donors (Lipinski definition) is 2. The maximum atomic E-state index is 12.9. The van der Waals surface area contributed by atoms with E-state index in [-0.39, 0.29) is 11.8 Å². The van der Waals surface area contributed by atoms with Crippen molar-refractivity contribution in [3.8, 4) is 0 Å². The number of benzene rings is 1. The van der Waals surface area contributed by atoms with E-state index >= 15 is 0 Å². The molecule has 4 heteroatoms. The fourth-order valence-corrected chi connectivity index (χ4v) is 0.756. The molecule has 0 atom stereocenters. The molecule has 0 heterocycles. The minimum absolute atomic E-state index is 0.195. The molecule has 0 bridgehead atoms. The summed E-state index contributed by atoms with van der Waals surface area (Å²) in [6.45, 7) is 0. The van der Waals surface area contributed by atoms with E-state index in [1.807, 2.05) is 0 Å². The zero-order valence-electron chi connectivity index (χ0n) is 6.71. The molecule has 1 aromatic carbocycles. The van der Waals surface area contributed by atoms with Crippen LogP contribution < -0.4 is 11.1 Å². The summed E-state index contributed by atoms with van der Waals surface area (Å²) in [7, 11) is 1.53. The summed E-state index contributed by atoms with van der Waals surface area (Å²) in [6.07, 6.45) is 0. The lowest BCUT2D eigenvalue weighted by atomic mass is 10.3. The van der Waals surface area contributed by atoms with Crippen molar-refractivity contribution in [3.05, 3.63) is 30.1 Å². The zero-order valence-corrected chi connectivity index (χ0v) is 6.71. The van der Waals surface area contributed by atoms with E-state index in [1.54, 1.807) is 18.2 Å². The van der Waals surface area contributed by atoms with Gasteiger partial charge in [-0.1, -0.05) is 12.1 Å². The normalized spacial score (nSPS) is 11.3. The zero-order chi connectivity index (χ0) is 8.97. The molecule has 0 saturated heterocycles. The summed E-state index contributed by atoms with van der Waals surface area (Å²) in [4.78, 5) is 3.64. The first-order valence-electron chi connectivity index (χ1n) is 3.48. The van der Waals surface area contributed by atoms with Crippen molar-refractivity contribution in [2.75, 3.05) is 12.4 Å². The van der Waals surface area contributed by atoms with E-state index in [9.17, 15) is 4.39 Å². The number of halogens is 1. The summed E-state index contributed by atoms with van der Waals surface area (Å²) in [6, 6.07) is 6.27. The van der Waals surface area contributed by atoms with Crippen LogP contribution in [0, 0.1) is 5.82 Å². The Labute approximate surface area is 70.1 Å². The topological polar surface area (TPSA) is 50.4 Å². The Bertz CT molecular complexity index is 296. The van der Waals surface area contributed by atoms with Gasteiger partial charge in [0.2, 0.25) is 0 Å². The minimum atomic E-state index is -0.343. The molecule has 0 aliphatic rings. The van der Waals surface area contributed by atoms with Gasteiger partial charge in [0.15, 0.2) is 5.96 Å². The van der Waals surface area contributed by atoms with Gasteiger partial charge in [0.05, 0.1) is 5.69 Å². The Morgan fingerprint density at radius 1 is 1.50 bits per heavy atom. The molecular weight excluding hydrogens is 157 g/mol. The Morgan fingerprint density at radius 2 is 2.17 bits per heavy atom. The molecule has 0 aliphatic carbocycles. The van der Waals surface area contributed by atoms with Crippen LogP contribution in [0.3, 0.4) is 0 Å². The van der Waals surface area contributed by atoms with E-state index < -0.39 is 0 Å². The number of nitrogens with zero attached hydrogens (tertiary/aromatic N) is 1. The Kier molecular flexibility index (Phi) is 2.63. The number of para-hydroxylation sites is 1. The van der Waals surface area contributed by atoms with Gasteiger partial charge in [0, 0.05) is 7.05 Å². The molecule has 0 fully saturated rings. The quantitative estimate of drug-likeness (QED) is 0.487. The molecule has 0 spiro atoms. The second-order valence-corrected chi connectivity index (χ2v) is 2.21. The van der Waals surface area contributed by atoms with Crippen molar-refractivity contribution in [1.29, 1.82) is 0 Å². The fourth-order valence-electron chi connectivity index (χ4n) is 0.756. The third kappa shape index (κ3) is 1.95. The lowest BCUT2D eigenvalue weighted by molar-refractivity contribution is 0.632. The van der Waals surface area contributed by atoms with Gasteiger partial charge < -0.3 is 11.1 Å². The highest BCUT2D eigenvalue weighted by Crippen LogP contribution is 2.11. The van der Waals surface area contributed by atoms with Crippen LogP contribution in [0.2, 0.25) is 0 Å². The van der Waals surface area contributed by atoms with Gasteiger partial charge in [0.1, 0.15) is 5.82 Å². The molecule has 0 aliphatic heterocycles. The smallest absolute Gasteiger partial charge is 0.192 e. The van der Waals surface area contributed by atoms with E-state index in [1.165, 1.54) is 13.1 Å². The molecule has 64 valence electrons. The van der Waals surface area contributed by atoms with Gasteiger partial charge in [0.25, 0.3) is 0 Å². The molecule has 1 aromatic rings. The first-order chi connectivity index (χ1) is 5.74. The van der Waals surface area contributed by atoms with Crippen molar-refractivity contribution in [2.24, 2.45) is 10.7 Å². The molecule has 12 heavy (non-hydrogen) atoms. The van der Waals surface area contributed by atoms with Gasteiger partial charge in [-0.15, -0.1) is 0 Å². The van der Waals surface area contributed by atoms with Crippen LogP contribution in [-0.4, -0.2) is 13.0 Å². The monoisotopic (exact) mass is 167 g/mol. The Balaban J connectivity index is 2.82. The summed E-state index contributed by atoms with van der Waals surface area (Å²) >= 11 is 0. The molecule has 0 saturated carbocycles. The molecule has 0 unspecified atom stereocenters. The first kappa shape index (κ1) is 8.52. The largest absolute Gasteiger partial charge is 0.370 e. The van der Waals surface area contributed by atoms with E-state index in [0.29, 0.717) is 5.69 Å². The molecular formula is C8H10FN3. The number of anilines is 1. The molecule has 3 nitrogen and oxygen atoms in total. The summed E-state index contributed by atoms with van der Waals surface area (Å²) in [5.74, 6) is -0.149. The number of nitrogens with one attached hydrogen (secondary N) is 1. The SMILES string of the molecule is CN=C(N)Nc1ccccc1F. The average Bonchev–Trinajstić information content (AvgIpc) is 2.09. The van der Waals surface area contributed by atoms with Crippen molar-refractivity contribution in [1.82, 2.24) is 0 Å². The number of hydrogen-bond acceptors (Lipinski definition) is 1. The second kappa shape index (κ2) is 3.71. The Hall–Kier alpha value is -1.58. The van der Waals surface area contributed by atoms with Gasteiger partial charge in [-0.25, -0.2) is 4.39 Å². The number of aliphatic imine (C=N–C) groups is 1. The number of rotatable bonds is 1. The van der Waals surface area contributed by atoms with Gasteiger partial charge >= 0.3 is 0 Å². The second-order valence-electron chi connectivity index (χ2n) is 2.21. The van der Waals surface area contributed by atoms with E-state index in [2.05, 4.69) is 10.3 Å². The molecule has 0 amide bonds. The fraction of sp³-hybridized carbons (Fsp3) is 0.125. The van der Waals surface area contributed by atoms with Crippen LogP contribution in [0.4, 0.5) is 10.1 Å². The molecule has 0 aromatic heterocycles. The van der Waals surface area contributed by atoms with Crippen LogP contribution in [0.25, 0.3) is 0 Å². The van der Waals surface area contributed by atoms with E-state index in [0.717, 1.165) is 0 Å². The maximum Gasteiger partial charge on any atom is 0.192 e. The standard InChI is InChI=1S/C8H10FN3/c1-11-8(10)12-7-5-3-2-4-6(7)9/h2-5H,1H3,(H3,10,11,12). The van der Waals surface area contributed by atoms with Crippen LogP contribution in [0.5, 0.6) is 0 Å². The summed E-state index contributed by atoms with van der Waals surface area (Å²) in [5, 5.41) is 2.61. The van der Waals surface area contributed by atoms with Gasteiger partial charge in [-0.3, -0.25) is 4.99 Å². The predicted octanol–water partition coefficient (Wildman–Crippen LogP) is 1.18. The van der Waals surface area contributed by atoms with Crippen molar-refractivity contribution in [3.63, 3.8) is 0 Å². The highest BCUT2D eigenvalue weighted by atomic mass is 19.1. The van der Waals surface area contributed by atoms with Crippen molar-refractivity contribution >= 4 is 11.6 Å². The molecule has 0 radical (unpaired) electrons. The van der Waals surface area contributed by atoms with Crippen LogP contribution in [0.15, 0.2) is 29.3 Å². The highest BCUT2D eigenvalue weighted by molar-refractivity contribution is 5.92. The Morgan fingerprint density at radius 3 is 2.75 bits per heavy atom. The maximum absolute atomic E-state index is 12.9. The van der Waals surface area contributed by atoms with Gasteiger partial charge in [-0.2, -0.15) is 0 Å². The third-order valence-electron chi connectivity index (χ3n) is 1.38. The lowest BCUT2D eigenvalue weighted by Crippen LogP contribution is -2.22. The number of nitrogens with two attached hydrogens (primary N) is 1. The van der Waals surface area contributed by atoms with E-state index in [4.69, 9.17) is 5.73 Å². The third-order valence-corrected chi connectivity index (χ3v) is 1.38. The number of guanidine groups is 1. The highest BCUT2D eigenvalue weighted by Gasteiger charge is 1.99. The molecule has 1 rings (SSSR count). The predicted molar refractivity (Wildman–Crippen MR) is 47.6 cm³/mol. The summed E-state index contributed by atoms with van der Waals surface area (Å²) in [5.41, 5.74) is 5.68. The van der Waals surface area contributed by atoms with Crippen molar-refractivity contribution in [2.45, 2.75) is 0 Å². The molecule has 3 N–H and O–H groups in total. The van der Waals surface area contributed by atoms with Gasteiger partial charge in [-0.05, 0) is 12.1 Å². The van der Waals surface area contributed by atoms with Crippen LogP contribution in [0.1, 0.15) is 0 Å². The van der Waals surface area contributed by atoms with Crippen LogP contribution >= 0.6 is 0 Å². The van der Waals surface area contributed by atoms with Crippen LogP contribution in [-0.2, 0) is 0 Å². The first-order valence-corrected chi connectivity index (χ1v) is 3.48. The minimum Gasteiger partial charge on any atom is -0.370 e. The summed E-state index contributed by atoms with van der Waals surface area (Å²) < 4.78 is 12.9. The average molecular weight is 167 g/mol. The van der Waals surface area contributed by atoms with Crippen molar-refractivity contribution < 1.29 is 4.39 Å². The lowest BCUT2D eigenvalue weighted by Gasteiger charge is -2.04.